The molecule has 0 saturated carbocycles. The van der Waals surface area contributed by atoms with Gasteiger partial charge < -0.3 is 9.73 Å². The normalized spacial score (nSPS) is 13.3. The van der Waals surface area contributed by atoms with Crippen LogP contribution in [-0.2, 0) is 7.05 Å². The smallest absolute Gasteiger partial charge is 0.408 e. The maximum absolute atomic E-state index is 11.3. The van der Waals surface area contributed by atoms with Crippen molar-refractivity contribution in [2.75, 3.05) is 7.05 Å². The Morgan fingerprint density at radius 1 is 1.47 bits per heavy atom. The fourth-order valence-electron chi connectivity index (χ4n) is 1.59. The summed E-state index contributed by atoms with van der Waals surface area (Å²) >= 11 is 0. The van der Waals surface area contributed by atoms with Crippen molar-refractivity contribution in [2.24, 2.45) is 7.05 Å². The second-order valence-corrected chi connectivity index (χ2v) is 3.66. The van der Waals surface area contributed by atoms with E-state index in [0.29, 0.717) is 5.58 Å². The molecule has 0 amide bonds. The first kappa shape index (κ1) is 9.98. The molecule has 4 nitrogen and oxygen atoms in total. The first-order valence-corrected chi connectivity index (χ1v) is 4.90. The van der Waals surface area contributed by atoms with Crippen molar-refractivity contribution in [3.8, 4) is 0 Å². The van der Waals surface area contributed by atoms with E-state index in [0.717, 1.165) is 11.1 Å². The molecule has 4 heteroatoms. The van der Waals surface area contributed by atoms with Gasteiger partial charge in [0.05, 0.1) is 5.52 Å². The van der Waals surface area contributed by atoms with Crippen LogP contribution < -0.4 is 11.1 Å². The lowest BCUT2D eigenvalue weighted by atomic mass is 10.1. The van der Waals surface area contributed by atoms with Crippen molar-refractivity contribution >= 4 is 11.1 Å². The van der Waals surface area contributed by atoms with Gasteiger partial charge in [0.1, 0.15) is 0 Å². The van der Waals surface area contributed by atoms with Crippen LogP contribution in [0.25, 0.3) is 11.1 Å². The van der Waals surface area contributed by atoms with E-state index in [-0.39, 0.29) is 11.8 Å². The van der Waals surface area contributed by atoms with Crippen molar-refractivity contribution < 1.29 is 4.42 Å². The average molecular weight is 206 g/mol. The highest BCUT2D eigenvalue weighted by molar-refractivity contribution is 5.73. The minimum atomic E-state index is -0.320. The van der Waals surface area contributed by atoms with E-state index in [9.17, 15) is 4.79 Å². The Balaban J connectivity index is 2.62. The third-order valence-corrected chi connectivity index (χ3v) is 2.75. The number of oxazole rings is 1. The Morgan fingerprint density at radius 2 is 2.20 bits per heavy atom. The van der Waals surface area contributed by atoms with Crippen molar-refractivity contribution in [3.05, 3.63) is 34.3 Å². The molecular formula is C11H14N2O2. The third kappa shape index (κ3) is 1.57. The Labute approximate surface area is 87.5 Å². The fraction of sp³-hybridized carbons (Fsp3) is 0.364. The van der Waals surface area contributed by atoms with Gasteiger partial charge in [-0.15, -0.1) is 0 Å². The molecule has 80 valence electrons. The lowest BCUT2D eigenvalue weighted by Crippen LogP contribution is -2.12. The molecule has 1 N–H and O–H groups in total. The van der Waals surface area contributed by atoms with Crippen molar-refractivity contribution in [3.63, 3.8) is 0 Å². The number of benzene rings is 1. The summed E-state index contributed by atoms with van der Waals surface area (Å²) in [5, 5.41) is 3.14. The van der Waals surface area contributed by atoms with Crippen LogP contribution in [0.3, 0.4) is 0 Å². The Morgan fingerprint density at radius 3 is 2.87 bits per heavy atom. The lowest BCUT2D eigenvalue weighted by molar-refractivity contribution is 0.527. The monoisotopic (exact) mass is 206 g/mol. The van der Waals surface area contributed by atoms with Crippen molar-refractivity contribution in [2.45, 2.75) is 13.0 Å². The maximum atomic E-state index is 11.3. The van der Waals surface area contributed by atoms with Gasteiger partial charge in [-0.25, -0.2) is 4.79 Å². The highest BCUT2D eigenvalue weighted by Crippen LogP contribution is 2.18. The molecule has 1 heterocycles. The number of nitrogens with zero attached hydrogens (tertiary/aromatic N) is 1. The number of fused-ring (bicyclic) bond motifs is 1. The molecule has 0 aliphatic rings. The zero-order valence-corrected chi connectivity index (χ0v) is 9.07. The van der Waals surface area contributed by atoms with E-state index in [1.807, 2.05) is 25.2 Å². The molecule has 15 heavy (non-hydrogen) atoms. The molecule has 0 aliphatic heterocycles. The Bertz CT molecular complexity index is 539. The van der Waals surface area contributed by atoms with Gasteiger partial charge in [-0.05, 0) is 31.7 Å². The molecule has 2 aromatic rings. The van der Waals surface area contributed by atoms with Crippen molar-refractivity contribution in [1.29, 1.82) is 0 Å². The van der Waals surface area contributed by atoms with E-state index in [1.54, 1.807) is 7.05 Å². The van der Waals surface area contributed by atoms with E-state index in [1.165, 1.54) is 4.57 Å². The van der Waals surface area contributed by atoms with Crippen LogP contribution in [0, 0.1) is 0 Å². The van der Waals surface area contributed by atoms with Crippen molar-refractivity contribution in [1.82, 2.24) is 9.88 Å². The number of hydrogen-bond acceptors (Lipinski definition) is 3. The van der Waals surface area contributed by atoms with E-state index >= 15 is 0 Å². The molecule has 0 bridgehead atoms. The van der Waals surface area contributed by atoms with Gasteiger partial charge in [0.25, 0.3) is 0 Å². The largest absolute Gasteiger partial charge is 0.419 e. The molecule has 1 aromatic carbocycles. The molecule has 2 rings (SSSR count). The Hall–Kier alpha value is -1.55. The molecule has 1 atom stereocenters. The van der Waals surface area contributed by atoms with Crippen LogP contribution >= 0.6 is 0 Å². The van der Waals surface area contributed by atoms with Gasteiger partial charge >= 0.3 is 5.76 Å². The first-order chi connectivity index (χ1) is 7.13. The van der Waals surface area contributed by atoms with Crippen LogP contribution in [0.4, 0.5) is 0 Å². The minimum Gasteiger partial charge on any atom is -0.408 e. The summed E-state index contributed by atoms with van der Waals surface area (Å²) < 4.78 is 6.62. The topological polar surface area (TPSA) is 47.2 Å². The average Bonchev–Trinajstić information content (AvgIpc) is 2.53. The van der Waals surface area contributed by atoms with Gasteiger partial charge in [-0.2, -0.15) is 0 Å². The zero-order valence-electron chi connectivity index (χ0n) is 9.07. The zero-order chi connectivity index (χ0) is 11.0. The van der Waals surface area contributed by atoms with Gasteiger partial charge in [0.2, 0.25) is 0 Å². The summed E-state index contributed by atoms with van der Waals surface area (Å²) in [5.41, 5.74) is 2.58. The molecule has 1 aromatic heterocycles. The number of aromatic nitrogens is 1. The van der Waals surface area contributed by atoms with Crippen LogP contribution in [0.1, 0.15) is 18.5 Å². The van der Waals surface area contributed by atoms with E-state index in [2.05, 4.69) is 12.2 Å². The summed E-state index contributed by atoms with van der Waals surface area (Å²) in [6, 6.07) is 6.06. The number of aryl methyl sites for hydroxylation is 1. The van der Waals surface area contributed by atoms with Crippen LogP contribution in [-0.4, -0.2) is 11.6 Å². The van der Waals surface area contributed by atoms with E-state index in [4.69, 9.17) is 4.42 Å². The van der Waals surface area contributed by atoms with E-state index < -0.39 is 0 Å². The number of rotatable bonds is 2. The summed E-state index contributed by atoms with van der Waals surface area (Å²) in [7, 11) is 3.60. The SMILES string of the molecule is CNC(C)c1ccc2c(c1)oc(=O)n2C. The fourth-order valence-corrected chi connectivity index (χ4v) is 1.59. The van der Waals surface area contributed by atoms with Crippen LogP contribution in [0.15, 0.2) is 27.4 Å². The second kappa shape index (κ2) is 3.55. The molecule has 0 aliphatic carbocycles. The molecule has 0 spiro atoms. The predicted molar refractivity (Wildman–Crippen MR) is 58.9 cm³/mol. The van der Waals surface area contributed by atoms with Gasteiger partial charge in [0.15, 0.2) is 5.58 Å². The lowest BCUT2D eigenvalue weighted by Gasteiger charge is -2.09. The minimum absolute atomic E-state index is 0.250. The highest BCUT2D eigenvalue weighted by Gasteiger charge is 2.08. The predicted octanol–water partition coefficient (Wildman–Crippen LogP) is 1.41. The summed E-state index contributed by atoms with van der Waals surface area (Å²) in [5.74, 6) is -0.320. The number of nitrogens with one attached hydrogen (secondary N) is 1. The maximum Gasteiger partial charge on any atom is 0.419 e. The quantitative estimate of drug-likeness (QED) is 0.808. The molecular weight excluding hydrogens is 192 g/mol. The van der Waals surface area contributed by atoms with Gasteiger partial charge in [0, 0.05) is 13.1 Å². The first-order valence-electron chi connectivity index (χ1n) is 4.90. The summed E-state index contributed by atoms with van der Waals surface area (Å²) in [6.45, 7) is 2.06. The molecule has 0 fully saturated rings. The van der Waals surface area contributed by atoms with Gasteiger partial charge in [-0.1, -0.05) is 6.07 Å². The molecule has 0 saturated heterocycles. The molecule has 1 unspecified atom stereocenters. The standard InChI is InChI=1S/C11H14N2O2/c1-7(12-2)8-4-5-9-10(6-8)15-11(14)13(9)3/h4-7,12H,1-3H3. The summed E-state index contributed by atoms with van der Waals surface area (Å²) in [6.07, 6.45) is 0. The molecule has 0 radical (unpaired) electrons. The van der Waals surface area contributed by atoms with Crippen LogP contribution in [0.2, 0.25) is 0 Å². The number of hydrogen-bond donors (Lipinski definition) is 1. The van der Waals surface area contributed by atoms with Gasteiger partial charge in [-0.3, -0.25) is 4.57 Å². The summed E-state index contributed by atoms with van der Waals surface area (Å²) in [4.78, 5) is 11.3. The second-order valence-electron chi connectivity index (χ2n) is 3.66. The third-order valence-electron chi connectivity index (χ3n) is 2.75. The highest BCUT2D eigenvalue weighted by atomic mass is 16.4. The Kier molecular flexibility index (Phi) is 2.36. The van der Waals surface area contributed by atoms with Crippen LogP contribution in [0.5, 0.6) is 0 Å².